The maximum atomic E-state index is 14.4. The summed E-state index contributed by atoms with van der Waals surface area (Å²) in [6.45, 7) is 3.13. The first-order chi connectivity index (χ1) is 13.5. The van der Waals surface area contributed by atoms with E-state index in [1.54, 1.807) is 12.1 Å². The molecule has 0 heterocycles. The first-order valence-electron chi connectivity index (χ1n) is 9.17. The summed E-state index contributed by atoms with van der Waals surface area (Å²) in [7, 11) is 0. The van der Waals surface area contributed by atoms with Crippen molar-refractivity contribution < 1.29 is 35.5 Å². The lowest BCUT2D eigenvalue weighted by atomic mass is 10.0. The summed E-state index contributed by atoms with van der Waals surface area (Å²) >= 11 is 0. The molecular formula is C21H21F7O. The van der Waals surface area contributed by atoms with Crippen molar-refractivity contribution >= 4 is 0 Å². The smallest absolute Gasteiger partial charge is 0.309 e. The van der Waals surface area contributed by atoms with Crippen molar-refractivity contribution in [1.82, 2.24) is 0 Å². The maximum absolute atomic E-state index is 14.4. The second-order valence-corrected chi connectivity index (χ2v) is 6.79. The number of rotatable bonds is 8. The number of hydrogen-bond acceptors (Lipinski definition) is 1. The highest BCUT2D eigenvalue weighted by Crippen LogP contribution is 2.38. The van der Waals surface area contributed by atoms with Gasteiger partial charge in [-0.1, -0.05) is 44.0 Å². The Labute approximate surface area is 164 Å². The van der Waals surface area contributed by atoms with Crippen LogP contribution >= 0.6 is 0 Å². The molecule has 8 heteroatoms. The molecule has 0 aromatic heterocycles. The molecule has 1 nitrogen and oxygen atoms in total. The van der Waals surface area contributed by atoms with Crippen LogP contribution in [0.4, 0.5) is 30.7 Å². The fourth-order valence-corrected chi connectivity index (χ4v) is 2.90. The molecule has 1 unspecified atom stereocenters. The van der Waals surface area contributed by atoms with Gasteiger partial charge in [-0.25, -0.2) is 8.78 Å². The van der Waals surface area contributed by atoms with E-state index in [1.807, 2.05) is 0 Å². The van der Waals surface area contributed by atoms with Gasteiger partial charge in [0.15, 0.2) is 0 Å². The van der Waals surface area contributed by atoms with Gasteiger partial charge in [-0.2, -0.15) is 22.0 Å². The van der Waals surface area contributed by atoms with Crippen molar-refractivity contribution in [3.63, 3.8) is 0 Å². The van der Waals surface area contributed by atoms with Gasteiger partial charge in [-0.3, -0.25) is 0 Å². The SMILES string of the molecule is CCCCCc1ccc(C(F)(F)OC(C)c2cc(F)c(C(F)(F)F)c(F)c2)cc1. The predicted molar refractivity (Wildman–Crippen MR) is 94.4 cm³/mol. The molecule has 0 spiro atoms. The number of unbranched alkanes of at least 4 members (excludes halogenated alkanes) is 2. The molecule has 2 rings (SSSR count). The number of ether oxygens (including phenoxy) is 1. The van der Waals surface area contributed by atoms with E-state index in [9.17, 15) is 30.7 Å². The van der Waals surface area contributed by atoms with Crippen molar-refractivity contribution in [2.24, 2.45) is 0 Å². The number of aryl methyl sites for hydroxylation is 1. The first-order valence-corrected chi connectivity index (χ1v) is 9.17. The summed E-state index contributed by atoms with van der Waals surface area (Å²) in [5.41, 5.74) is -2.11. The molecule has 0 aliphatic heterocycles. The van der Waals surface area contributed by atoms with E-state index in [2.05, 4.69) is 11.7 Å². The van der Waals surface area contributed by atoms with Gasteiger partial charge in [0.2, 0.25) is 0 Å². The number of halogens is 7. The summed E-state index contributed by atoms with van der Waals surface area (Å²) in [6, 6.07) is 6.19. The molecule has 0 saturated heterocycles. The van der Waals surface area contributed by atoms with Crippen molar-refractivity contribution in [3.8, 4) is 0 Å². The standard InChI is InChI=1S/C21H21F7O/c1-3-4-5-6-14-7-9-16(10-8-14)21(27,28)29-13(2)15-11-17(22)19(18(23)12-15)20(24,25)26/h7-13H,3-6H2,1-2H3. The van der Waals surface area contributed by atoms with Crippen molar-refractivity contribution in [3.05, 3.63) is 70.3 Å². The summed E-state index contributed by atoms with van der Waals surface area (Å²) < 4.78 is 98.7. The molecule has 0 fully saturated rings. The van der Waals surface area contributed by atoms with E-state index in [0.717, 1.165) is 38.2 Å². The minimum atomic E-state index is -5.24. The van der Waals surface area contributed by atoms with Crippen LogP contribution in [0.1, 0.15) is 61.5 Å². The van der Waals surface area contributed by atoms with E-state index in [0.29, 0.717) is 12.1 Å². The highest BCUT2D eigenvalue weighted by molar-refractivity contribution is 5.30. The Hall–Kier alpha value is -2.09. The molecule has 2 aromatic carbocycles. The van der Waals surface area contributed by atoms with Crippen LogP contribution < -0.4 is 0 Å². The molecular weight excluding hydrogens is 401 g/mol. The maximum Gasteiger partial charge on any atom is 0.422 e. The Balaban J connectivity index is 2.15. The lowest BCUT2D eigenvalue weighted by molar-refractivity contribution is -0.272. The Morgan fingerprint density at radius 3 is 1.93 bits per heavy atom. The van der Waals surface area contributed by atoms with Crippen LogP contribution in [0.2, 0.25) is 0 Å². The lowest BCUT2D eigenvalue weighted by Gasteiger charge is -2.23. The number of benzene rings is 2. The molecule has 160 valence electrons. The van der Waals surface area contributed by atoms with E-state index in [1.165, 1.54) is 12.1 Å². The molecule has 0 saturated carbocycles. The van der Waals surface area contributed by atoms with Crippen LogP contribution in [0.3, 0.4) is 0 Å². The Morgan fingerprint density at radius 2 is 1.45 bits per heavy atom. The van der Waals surface area contributed by atoms with E-state index in [4.69, 9.17) is 0 Å². The van der Waals surface area contributed by atoms with Gasteiger partial charge in [-0.15, -0.1) is 0 Å². The molecule has 0 bridgehead atoms. The molecule has 29 heavy (non-hydrogen) atoms. The van der Waals surface area contributed by atoms with E-state index >= 15 is 0 Å². The van der Waals surface area contributed by atoms with Gasteiger partial charge in [0.05, 0.1) is 11.7 Å². The topological polar surface area (TPSA) is 9.23 Å². The van der Waals surface area contributed by atoms with Crippen molar-refractivity contribution in [1.29, 1.82) is 0 Å². The average molecular weight is 422 g/mol. The zero-order valence-corrected chi connectivity index (χ0v) is 15.9. The van der Waals surface area contributed by atoms with E-state index < -0.39 is 46.7 Å². The van der Waals surface area contributed by atoms with Crippen LogP contribution in [0, 0.1) is 11.6 Å². The second-order valence-electron chi connectivity index (χ2n) is 6.79. The highest BCUT2D eigenvalue weighted by atomic mass is 19.4. The van der Waals surface area contributed by atoms with Crippen LogP contribution in [0.25, 0.3) is 0 Å². The van der Waals surface area contributed by atoms with Crippen molar-refractivity contribution in [2.75, 3.05) is 0 Å². The van der Waals surface area contributed by atoms with E-state index in [-0.39, 0.29) is 0 Å². The van der Waals surface area contributed by atoms with Gasteiger partial charge in [0, 0.05) is 0 Å². The van der Waals surface area contributed by atoms with Crippen LogP contribution in [-0.2, 0) is 23.4 Å². The normalized spacial score (nSPS) is 13.6. The second kappa shape index (κ2) is 9.15. The summed E-state index contributed by atoms with van der Waals surface area (Å²) in [4.78, 5) is 0. The van der Waals surface area contributed by atoms with Crippen LogP contribution in [0.15, 0.2) is 36.4 Å². The van der Waals surface area contributed by atoms with Gasteiger partial charge < -0.3 is 4.74 Å². The molecule has 0 N–H and O–H groups in total. The molecule has 0 aliphatic carbocycles. The highest BCUT2D eigenvalue weighted by Gasteiger charge is 2.39. The van der Waals surface area contributed by atoms with Gasteiger partial charge in [0.1, 0.15) is 17.2 Å². The Morgan fingerprint density at radius 1 is 0.897 bits per heavy atom. The third-order valence-electron chi connectivity index (χ3n) is 4.50. The molecule has 2 aromatic rings. The minimum absolute atomic E-state index is 0.351. The third-order valence-corrected chi connectivity index (χ3v) is 4.50. The predicted octanol–water partition coefficient (Wildman–Crippen LogP) is 7.54. The van der Waals surface area contributed by atoms with Gasteiger partial charge >= 0.3 is 12.3 Å². The quantitative estimate of drug-likeness (QED) is 0.315. The fraction of sp³-hybridized carbons (Fsp3) is 0.429. The minimum Gasteiger partial charge on any atom is -0.309 e. The zero-order valence-electron chi connectivity index (χ0n) is 15.9. The Bertz CT molecular complexity index is 790. The molecule has 0 radical (unpaired) electrons. The molecule has 0 amide bonds. The monoisotopic (exact) mass is 422 g/mol. The number of hydrogen-bond donors (Lipinski definition) is 0. The van der Waals surface area contributed by atoms with Crippen molar-refractivity contribution in [2.45, 2.75) is 57.9 Å². The summed E-state index contributed by atoms with van der Waals surface area (Å²) in [5.74, 6) is -3.77. The fourth-order valence-electron chi connectivity index (χ4n) is 2.90. The van der Waals surface area contributed by atoms with Gasteiger partial charge in [0.25, 0.3) is 0 Å². The third kappa shape index (κ3) is 5.95. The molecule has 0 aliphatic rings. The van der Waals surface area contributed by atoms with Crippen LogP contribution in [-0.4, -0.2) is 0 Å². The van der Waals surface area contributed by atoms with Gasteiger partial charge in [-0.05, 0) is 43.0 Å². The first kappa shape index (κ1) is 23.2. The number of alkyl halides is 5. The summed E-state index contributed by atoms with van der Waals surface area (Å²) in [5, 5.41) is 0. The lowest BCUT2D eigenvalue weighted by Crippen LogP contribution is -2.21. The summed E-state index contributed by atoms with van der Waals surface area (Å²) in [6.07, 6.45) is -6.84. The Kier molecular flexibility index (Phi) is 7.32. The zero-order chi connectivity index (χ0) is 21.8. The van der Waals surface area contributed by atoms with Crippen LogP contribution in [0.5, 0.6) is 0 Å². The average Bonchev–Trinajstić information content (AvgIpc) is 2.60. The largest absolute Gasteiger partial charge is 0.422 e. The molecule has 1 atom stereocenters.